The Labute approximate surface area is 105 Å². The monoisotopic (exact) mass is 246 g/mol. The molecular weight excluding hydrogens is 231 g/mol. The van der Waals surface area contributed by atoms with Crippen molar-refractivity contribution >= 4 is 0 Å². The van der Waals surface area contributed by atoms with E-state index in [1.54, 1.807) is 30.5 Å². The summed E-state index contributed by atoms with van der Waals surface area (Å²) in [6.45, 7) is 0. The molecule has 0 spiro atoms. The van der Waals surface area contributed by atoms with Crippen LogP contribution in [0.3, 0.4) is 0 Å². The Morgan fingerprint density at radius 2 is 1.94 bits per heavy atom. The van der Waals surface area contributed by atoms with Crippen LogP contribution >= 0.6 is 0 Å². The quantitative estimate of drug-likeness (QED) is 0.800. The molecule has 1 aliphatic rings. The molecule has 2 aromatic rings. The van der Waals surface area contributed by atoms with E-state index in [1.807, 2.05) is 0 Å². The molecule has 0 N–H and O–H groups in total. The van der Waals surface area contributed by atoms with Crippen LogP contribution < -0.4 is 4.74 Å². The van der Waals surface area contributed by atoms with Crippen LogP contribution in [0.2, 0.25) is 0 Å². The second kappa shape index (κ2) is 4.84. The van der Waals surface area contributed by atoms with Gasteiger partial charge in [-0.3, -0.25) is 0 Å². The van der Waals surface area contributed by atoms with Gasteiger partial charge < -0.3 is 9.15 Å². The van der Waals surface area contributed by atoms with Crippen LogP contribution in [0, 0.1) is 5.82 Å². The molecule has 1 saturated carbocycles. The van der Waals surface area contributed by atoms with E-state index in [1.165, 1.54) is 18.9 Å². The van der Waals surface area contributed by atoms with Crippen LogP contribution in [-0.4, -0.2) is 6.10 Å². The van der Waals surface area contributed by atoms with Crippen molar-refractivity contribution in [2.75, 3.05) is 0 Å². The molecule has 94 valence electrons. The largest absolute Gasteiger partial charge is 0.490 e. The number of halogens is 1. The molecule has 0 saturated heterocycles. The number of ether oxygens (including phenoxy) is 1. The predicted molar refractivity (Wildman–Crippen MR) is 67.0 cm³/mol. The molecular formula is C15H15FO2. The third-order valence-electron chi connectivity index (χ3n) is 3.34. The highest BCUT2D eigenvalue weighted by atomic mass is 19.1. The summed E-state index contributed by atoms with van der Waals surface area (Å²) in [7, 11) is 0. The minimum atomic E-state index is -0.305. The molecule has 0 aliphatic heterocycles. The summed E-state index contributed by atoms with van der Waals surface area (Å²) in [5.74, 6) is 0.790. The van der Waals surface area contributed by atoms with E-state index in [-0.39, 0.29) is 11.9 Å². The second-order valence-electron chi connectivity index (χ2n) is 4.61. The van der Waals surface area contributed by atoms with Gasteiger partial charge in [0.2, 0.25) is 0 Å². The third-order valence-corrected chi connectivity index (χ3v) is 3.34. The zero-order chi connectivity index (χ0) is 12.4. The summed E-state index contributed by atoms with van der Waals surface area (Å²) in [5.41, 5.74) is 0.425. The lowest BCUT2D eigenvalue weighted by Crippen LogP contribution is -2.11. The van der Waals surface area contributed by atoms with Crippen LogP contribution in [0.5, 0.6) is 5.75 Å². The lowest BCUT2D eigenvalue weighted by molar-refractivity contribution is 0.210. The molecule has 3 rings (SSSR count). The lowest BCUT2D eigenvalue weighted by atomic mass is 10.1. The number of rotatable bonds is 3. The third kappa shape index (κ3) is 2.13. The van der Waals surface area contributed by atoms with Gasteiger partial charge in [0.05, 0.1) is 17.9 Å². The Balaban J connectivity index is 1.95. The van der Waals surface area contributed by atoms with Gasteiger partial charge in [-0.05, 0) is 49.9 Å². The average molecular weight is 246 g/mol. The molecule has 0 radical (unpaired) electrons. The fourth-order valence-electron chi connectivity index (χ4n) is 2.45. The lowest BCUT2D eigenvalue weighted by Gasteiger charge is -2.16. The zero-order valence-electron chi connectivity index (χ0n) is 10.1. The van der Waals surface area contributed by atoms with E-state index in [4.69, 9.17) is 9.15 Å². The average Bonchev–Trinajstić information content (AvgIpc) is 3.01. The van der Waals surface area contributed by atoms with Gasteiger partial charge in [0.1, 0.15) is 17.3 Å². The molecule has 1 aromatic heterocycles. The Morgan fingerprint density at radius 1 is 1.11 bits per heavy atom. The first-order valence-corrected chi connectivity index (χ1v) is 6.33. The van der Waals surface area contributed by atoms with Gasteiger partial charge in [0.25, 0.3) is 0 Å². The molecule has 2 nitrogen and oxygen atoms in total. The summed E-state index contributed by atoms with van der Waals surface area (Å²) in [4.78, 5) is 0. The number of furan rings is 1. The van der Waals surface area contributed by atoms with Gasteiger partial charge in [-0.2, -0.15) is 0 Å². The molecule has 1 aliphatic carbocycles. The smallest absolute Gasteiger partial charge is 0.140 e. The van der Waals surface area contributed by atoms with Gasteiger partial charge in [0, 0.05) is 0 Å². The van der Waals surface area contributed by atoms with Crippen molar-refractivity contribution in [3.63, 3.8) is 0 Å². The maximum absolute atomic E-state index is 13.9. The molecule has 3 heteroatoms. The van der Waals surface area contributed by atoms with Crippen molar-refractivity contribution in [2.24, 2.45) is 0 Å². The van der Waals surface area contributed by atoms with Gasteiger partial charge in [-0.15, -0.1) is 0 Å². The fraction of sp³-hybridized carbons (Fsp3) is 0.333. The van der Waals surface area contributed by atoms with E-state index < -0.39 is 0 Å². The van der Waals surface area contributed by atoms with Gasteiger partial charge in [-0.1, -0.05) is 6.07 Å². The maximum Gasteiger partial charge on any atom is 0.140 e. The minimum absolute atomic E-state index is 0.209. The first kappa shape index (κ1) is 11.3. The maximum atomic E-state index is 13.9. The molecule has 0 bridgehead atoms. The fourth-order valence-corrected chi connectivity index (χ4v) is 2.45. The highest BCUT2D eigenvalue weighted by molar-refractivity contribution is 5.66. The SMILES string of the molecule is Fc1cccc(OC2CCCC2)c1-c1ccco1. The van der Waals surface area contributed by atoms with Crippen molar-refractivity contribution in [2.45, 2.75) is 31.8 Å². The summed E-state index contributed by atoms with van der Waals surface area (Å²) in [6.07, 6.45) is 6.23. The van der Waals surface area contributed by atoms with Gasteiger partial charge in [-0.25, -0.2) is 4.39 Å². The standard InChI is InChI=1S/C15H15FO2/c16-12-7-3-8-14(18-11-5-1-2-6-11)15(12)13-9-4-10-17-13/h3-4,7-11H,1-2,5-6H2. The van der Waals surface area contributed by atoms with Crippen molar-refractivity contribution < 1.29 is 13.5 Å². The van der Waals surface area contributed by atoms with Crippen LogP contribution in [0.4, 0.5) is 4.39 Å². The molecule has 0 atom stereocenters. The van der Waals surface area contributed by atoms with Crippen LogP contribution in [-0.2, 0) is 0 Å². The Hall–Kier alpha value is -1.77. The van der Waals surface area contributed by atoms with Crippen LogP contribution in [0.15, 0.2) is 41.0 Å². The first-order chi connectivity index (χ1) is 8.84. The van der Waals surface area contributed by atoms with Crippen molar-refractivity contribution in [1.82, 2.24) is 0 Å². The highest BCUT2D eigenvalue weighted by Crippen LogP contribution is 2.35. The highest BCUT2D eigenvalue weighted by Gasteiger charge is 2.20. The molecule has 0 amide bonds. The Morgan fingerprint density at radius 3 is 2.67 bits per heavy atom. The first-order valence-electron chi connectivity index (χ1n) is 6.33. The number of benzene rings is 1. The second-order valence-corrected chi connectivity index (χ2v) is 4.61. The van der Waals surface area contributed by atoms with Gasteiger partial charge >= 0.3 is 0 Å². The summed E-state index contributed by atoms with van der Waals surface area (Å²) in [6, 6.07) is 8.41. The van der Waals surface area contributed by atoms with Gasteiger partial charge in [0.15, 0.2) is 0 Å². The van der Waals surface area contributed by atoms with E-state index in [0.717, 1.165) is 12.8 Å². The van der Waals surface area contributed by atoms with E-state index >= 15 is 0 Å². The molecule has 1 aromatic carbocycles. The molecule has 0 unspecified atom stereocenters. The van der Waals surface area contributed by atoms with E-state index in [9.17, 15) is 4.39 Å². The van der Waals surface area contributed by atoms with Crippen molar-refractivity contribution in [3.8, 4) is 17.1 Å². The van der Waals surface area contributed by atoms with Crippen molar-refractivity contribution in [3.05, 3.63) is 42.4 Å². The Kier molecular flexibility index (Phi) is 3.05. The van der Waals surface area contributed by atoms with Crippen LogP contribution in [0.1, 0.15) is 25.7 Å². The predicted octanol–water partition coefficient (Wildman–Crippen LogP) is 4.41. The van der Waals surface area contributed by atoms with Crippen molar-refractivity contribution in [1.29, 1.82) is 0 Å². The normalized spacial score (nSPS) is 16.1. The molecule has 1 fully saturated rings. The molecule has 1 heterocycles. The summed E-state index contributed by atoms with van der Waals surface area (Å²) in [5, 5.41) is 0. The topological polar surface area (TPSA) is 22.4 Å². The van der Waals surface area contributed by atoms with E-state index in [0.29, 0.717) is 17.1 Å². The van der Waals surface area contributed by atoms with Crippen LogP contribution in [0.25, 0.3) is 11.3 Å². The summed E-state index contributed by atoms with van der Waals surface area (Å²) < 4.78 is 25.1. The number of hydrogen-bond acceptors (Lipinski definition) is 2. The summed E-state index contributed by atoms with van der Waals surface area (Å²) >= 11 is 0. The minimum Gasteiger partial charge on any atom is -0.490 e. The zero-order valence-corrected chi connectivity index (χ0v) is 10.1. The molecule has 18 heavy (non-hydrogen) atoms. The number of hydrogen-bond donors (Lipinski definition) is 0. The Bertz CT molecular complexity index is 513. The van der Waals surface area contributed by atoms with E-state index in [2.05, 4.69) is 0 Å².